The molecule has 0 radical (unpaired) electrons. The van der Waals surface area contributed by atoms with Gasteiger partial charge in [0.05, 0.1) is 12.2 Å². The quantitative estimate of drug-likeness (QED) is 0.702. The summed E-state index contributed by atoms with van der Waals surface area (Å²) in [6.45, 7) is 2.77. The molecule has 0 saturated carbocycles. The summed E-state index contributed by atoms with van der Waals surface area (Å²) in [5, 5.41) is 0. The Bertz CT molecular complexity index is 702. The van der Waals surface area contributed by atoms with Gasteiger partial charge in [-0.25, -0.2) is 0 Å². The predicted molar refractivity (Wildman–Crippen MR) is 90.0 cm³/mol. The fourth-order valence-electron chi connectivity index (χ4n) is 2.96. The van der Waals surface area contributed by atoms with E-state index in [2.05, 4.69) is 0 Å². The minimum atomic E-state index is -4.37. The van der Waals surface area contributed by atoms with Crippen molar-refractivity contribution < 1.29 is 22.6 Å². The highest BCUT2D eigenvalue weighted by molar-refractivity contribution is 5.68. The van der Waals surface area contributed by atoms with Crippen molar-refractivity contribution in [2.45, 2.75) is 45.3 Å². The number of alkyl halides is 3. The zero-order valence-electron chi connectivity index (χ0n) is 14.1. The van der Waals surface area contributed by atoms with E-state index in [4.69, 9.17) is 9.47 Å². The van der Waals surface area contributed by atoms with E-state index in [0.29, 0.717) is 17.7 Å². The molecule has 0 bridgehead atoms. The topological polar surface area (TPSA) is 18.5 Å². The number of rotatable bonds is 4. The third-order valence-corrected chi connectivity index (χ3v) is 4.32. The summed E-state index contributed by atoms with van der Waals surface area (Å²) in [4.78, 5) is 0. The first-order chi connectivity index (χ1) is 11.9. The predicted octanol–water partition coefficient (Wildman–Crippen LogP) is 5.72. The average Bonchev–Trinajstić information content (AvgIpc) is 2.61. The molecule has 2 aromatic rings. The lowest BCUT2D eigenvalue weighted by atomic mass is 9.96. The Morgan fingerprint density at radius 2 is 1.84 bits per heavy atom. The maximum atomic E-state index is 13.3. The number of aryl methyl sites for hydroxylation is 1. The van der Waals surface area contributed by atoms with Crippen molar-refractivity contribution in [3.8, 4) is 11.1 Å². The maximum absolute atomic E-state index is 13.3. The first kappa shape index (κ1) is 18.0. The van der Waals surface area contributed by atoms with Crippen molar-refractivity contribution in [2.75, 3.05) is 6.61 Å². The highest BCUT2D eigenvalue weighted by Crippen LogP contribution is 2.37. The molecule has 2 nitrogen and oxygen atoms in total. The molecule has 1 saturated heterocycles. The fraction of sp³-hybridized carbons (Fsp3) is 0.400. The highest BCUT2D eigenvalue weighted by atomic mass is 19.4. The third-order valence-electron chi connectivity index (χ3n) is 4.32. The van der Waals surface area contributed by atoms with Gasteiger partial charge in [0.1, 0.15) is 0 Å². The molecule has 1 aliphatic rings. The smallest absolute Gasteiger partial charge is 0.353 e. The van der Waals surface area contributed by atoms with Crippen LogP contribution in [0.4, 0.5) is 13.2 Å². The van der Waals surface area contributed by atoms with Gasteiger partial charge in [-0.05, 0) is 48.9 Å². The van der Waals surface area contributed by atoms with Crippen molar-refractivity contribution in [2.24, 2.45) is 0 Å². The van der Waals surface area contributed by atoms with Crippen LogP contribution in [0.2, 0.25) is 0 Å². The van der Waals surface area contributed by atoms with Crippen LogP contribution in [-0.4, -0.2) is 12.9 Å². The van der Waals surface area contributed by atoms with Crippen LogP contribution in [0.15, 0.2) is 42.5 Å². The molecule has 25 heavy (non-hydrogen) atoms. The van der Waals surface area contributed by atoms with E-state index in [0.717, 1.165) is 31.4 Å². The molecule has 1 atom stereocenters. The second-order valence-corrected chi connectivity index (χ2v) is 6.35. The first-order valence-electron chi connectivity index (χ1n) is 8.44. The van der Waals surface area contributed by atoms with Crippen molar-refractivity contribution in [3.63, 3.8) is 0 Å². The van der Waals surface area contributed by atoms with Crippen molar-refractivity contribution in [3.05, 3.63) is 59.2 Å². The molecule has 0 spiro atoms. The molecule has 1 heterocycles. The van der Waals surface area contributed by atoms with Crippen LogP contribution in [-0.2, 0) is 22.3 Å². The van der Waals surface area contributed by atoms with Crippen molar-refractivity contribution in [1.82, 2.24) is 0 Å². The zero-order valence-corrected chi connectivity index (χ0v) is 14.1. The fourth-order valence-corrected chi connectivity index (χ4v) is 2.96. The van der Waals surface area contributed by atoms with Crippen LogP contribution in [0.25, 0.3) is 11.1 Å². The molecule has 1 unspecified atom stereocenters. The number of halogens is 3. The van der Waals surface area contributed by atoms with Gasteiger partial charge in [0.2, 0.25) is 0 Å². The molecule has 134 valence electrons. The van der Waals surface area contributed by atoms with Crippen LogP contribution in [0.3, 0.4) is 0 Å². The average molecular weight is 350 g/mol. The van der Waals surface area contributed by atoms with Crippen molar-refractivity contribution >= 4 is 0 Å². The molecular weight excluding hydrogens is 329 g/mol. The standard InChI is InChI=1S/C20H21F3O2/c1-14-5-10-17(18(12-14)20(21,22)23)16-8-6-15(7-9-16)13-25-19-4-2-3-11-24-19/h5-10,12,19H,2-4,11,13H2,1H3. The third kappa shape index (κ3) is 4.61. The monoisotopic (exact) mass is 350 g/mol. The van der Waals surface area contributed by atoms with E-state index in [1.54, 1.807) is 37.3 Å². The van der Waals surface area contributed by atoms with Gasteiger partial charge in [0, 0.05) is 6.61 Å². The number of hydrogen-bond acceptors (Lipinski definition) is 2. The summed E-state index contributed by atoms with van der Waals surface area (Å²) in [7, 11) is 0. The Balaban J connectivity index is 1.74. The van der Waals surface area contributed by atoms with E-state index < -0.39 is 11.7 Å². The molecule has 1 aliphatic heterocycles. The van der Waals surface area contributed by atoms with E-state index in [-0.39, 0.29) is 11.9 Å². The second kappa shape index (κ2) is 7.58. The molecule has 0 aliphatic carbocycles. The van der Waals surface area contributed by atoms with E-state index in [1.165, 1.54) is 12.1 Å². The molecule has 0 amide bonds. The van der Waals surface area contributed by atoms with Gasteiger partial charge in [0.15, 0.2) is 6.29 Å². The van der Waals surface area contributed by atoms with Gasteiger partial charge in [-0.3, -0.25) is 0 Å². The summed E-state index contributed by atoms with van der Waals surface area (Å²) in [5.41, 5.74) is 1.64. The van der Waals surface area contributed by atoms with Gasteiger partial charge < -0.3 is 9.47 Å². The normalized spacial score (nSPS) is 18.3. The lowest BCUT2D eigenvalue weighted by molar-refractivity contribution is -0.168. The second-order valence-electron chi connectivity index (χ2n) is 6.35. The molecule has 1 fully saturated rings. The van der Waals surface area contributed by atoms with Gasteiger partial charge >= 0.3 is 6.18 Å². The van der Waals surface area contributed by atoms with Crippen LogP contribution >= 0.6 is 0 Å². The maximum Gasteiger partial charge on any atom is 0.417 e. The summed E-state index contributed by atoms with van der Waals surface area (Å²) in [6, 6.07) is 11.4. The summed E-state index contributed by atoms with van der Waals surface area (Å²) in [6.07, 6.45) is -1.51. The number of ether oxygens (including phenoxy) is 2. The summed E-state index contributed by atoms with van der Waals surface area (Å²) >= 11 is 0. The molecule has 2 aromatic carbocycles. The van der Waals surface area contributed by atoms with Crippen LogP contribution in [0.5, 0.6) is 0 Å². The Labute approximate surface area is 145 Å². The summed E-state index contributed by atoms with van der Waals surface area (Å²) < 4.78 is 51.1. The largest absolute Gasteiger partial charge is 0.417 e. The van der Waals surface area contributed by atoms with E-state index in [9.17, 15) is 13.2 Å². The molecular formula is C20H21F3O2. The molecule has 0 aromatic heterocycles. The Morgan fingerprint density at radius 3 is 2.48 bits per heavy atom. The Morgan fingerprint density at radius 1 is 1.08 bits per heavy atom. The van der Waals surface area contributed by atoms with Gasteiger partial charge in [-0.2, -0.15) is 13.2 Å². The van der Waals surface area contributed by atoms with Crippen LogP contribution in [0.1, 0.15) is 36.0 Å². The SMILES string of the molecule is Cc1ccc(-c2ccc(COC3CCCCO3)cc2)c(C(F)(F)F)c1. The lowest BCUT2D eigenvalue weighted by Gasteiger charge is -2.22. The summed E-state index contributed by atoms with van der Waals surface area (Å²) in [5.74, 6) is 0. The van der Waals surface area contributed by atoms with E-state index >= 15 is 0 Å². The molecule has 0 N–H and O–H groups in total. The van der Waals surface area contributed by atoms with Crippen LogP contribution in [0, 0.1) is 6.92 Å². The lowest BCUT2D eigenvalue weighted by Crippen LogP contribution is -2.21. The Kier molecular flexibility index (Phi) is 5.45. The molecule has 3 rings (SSSR count). The number of benzene rings is 2. The van der Waals surface area contributed by atoms with Gasteiger partial charge in [-0.15, -0.1) is 0 Å². The van der Waals surface area contributed by atoms with Gasteiger partial charge in [0.25, 0.3) is 0 Å². The minimum Gasteiger partial charge on any atom is -0.353 e. The van der Waals surface area contributed by atoms with Gasteiger partial charge in [-0.1, -0.05) is 42.0 Å². The zero-order chi connectivity index (χ0) is 17.9. The van der Waals surface area contributed by atoms with Crippen LogP contribution < -0.4 is 0 Å². The van der Waals surface area contributed by atoms with E-state index in [1.807, 2.05) is 0 Å². The Hall–Kier alpha value is -1.85. The first-order valence-corrected chi connectivity index (χ1v) is 8.44. The minimum absolute atomic E-state index is 0.178. The highest BCUT2D eigenvalue weighted by Gasteiger charge is 2.33. The number of hydrogen-bond donors (Lipinski definition) is 0. The molecule has 5 heteroatoms. The van der Waals surface area contributed by atoms with Crippen molar-refractivity contribution in [1.29, 1.82) is 0 Å².